The van der Waals surface area contributed by atoms with Crippen LogP contribution in [0.2, 0.25) is 0 Å². The Labute approximate surface area is 186 Å². The molecule has 0 spiro atoms. The van der Waals surface area contributed by atoms with Crippen LogP contribution < -0.4 is 5.56 Å². The van der Waals surface area contributed by atoms with Crippen molar-refractivity contribution >= 4 is 28.6 Å². The van der Waals surface area contributed by atoms with Gasteiger partial charge in [-0.1, -0.05) is 49.2 Å². The van der Waals surface area contributed by atoms with Gasteiger partial charge in [-0.2, -0.15) is 0 Å². The monoisotopic (exact) mass is 436 g/mol. The predicted molar refractivity (Wildman–Crippen MR) is 125 cm³/mol. The predicted octanol–water partition coefficient (Wildman–Crippen LogP) is 4.36. The number of hydrogen-bond acceptors (Lipinski definition) is 5. The number of fused-ring (bicyclic) bond motifs is 1. The molecule has 1 fully saturated rings. The van der Waals surface area contributed by atoms with Crippen LogP contribution in [-0.2, 0) is 4.79 Å². The molecule has 1 aromatic carbocycles. The molecule has 1 aliphatic rings. The van der Waals surface area contributed by atoms with Gasteiger partial charge >= 0.3 is 0 Å². The second kappa shape index (κ2) is 9.64. The van der Waals surface area contributed by atoms with Crippen molar-refractivity contribution < 1.29 is 4.79 Å². The maximum atomic E-state index is 13.3. The van der Waals surface area contributed by atoms with E-state index in [1.165, 1.54) is 35.6 Å². The van der Waals surface area contributed by atoms with Crippen LogP contribution in [0.1, 0.15) is 44.6 Å². The minimum absolute atomic E-state index is 0.102. The first-order chi connectivity index (χ1) is 15.1. The van der Waals surface area contributed by atoms with Gasteiger partial charge in [-0.05, 0) is 50.5 Å². The molecule has 0 unspecified atom stereocenters. The topological polar surface area (TPSA) is 68.1 Å². The number of amides is 1. The van der Waals surface area contributed by atoms with Crippen molar-refractivity contribution in [1.82, 2.24) is 19.4 Å². The summed E-state index contributed by atoms with van der Waals surface area (Å²) in [5, 5.41) is 1.03. The third-order valence-electron chi connectivity index (χ3n) is 5.87. The van der Waals surface area contributed by atoms with Crippen molar-refractivity contribution in [3.8, 4) is 5.82 Å². The fourth-order valence-corrected chi connectivity index (χ4v) is 5.13. The number of nitrogens with zero attached hydrogens (tertiary/aromatic N) is 4. The highest BCUT2D eigenvalue weighted by Crippen LogP contribution is 2.25. The summed E-state index contributed by atoms with van der Waals surface area (Å²) in [4.78, 5) is 37.5. The summed E-state index contributed by atoms with van der Waals surface area (Å²) in [6, 6.07) is 11.4. The van der Waals surface area contributed by atoms with E-state index in [0.717, 1.165) is 18.4 Å². The summed E-state index contributed by atoms with van der Waals surface area (Å²) in [6.45, 7) is 4.70. The molecular weight excluding hydrogens is 408 g/mol. The van der Waals surface area contributed by atoms with Crippen LogP contribution in [0.3, 0.4) is 0 Å². The highest BCUT2D eigenvalue weighted by Gasteiger charge is 2.25. The lowest BCUT2D eigenvalue weighted by atomic mass is 9.94. The molecule has 0 radical (unpaired) electrons. The molecule has 0 bridgehead atoms. The van der Waals surface area contributed by atoms with Gasteiger partial charge in [0, 0.05) is 18.8 Å². The minimum atomic E-state index is -0.170. The van der Waals surface area contributed by atoms with E-state index in [-0.39, 0.29) is 17.2 Å². The van der Waals surface area contributed by atoms with Crippen molar-refractivity contribution in [2.75, 3.05) is 12.3 Å². The molecule has 6 nitrogen and oxygen atoms in total. The lowest BCUT2D eigenvalue weighted by Gasteiger charge is -2.33. The fourth-order valence-electron chi connectivity index (χ4n) is 4.24. The molecule has 2 heterocycles. The number of aryl methyl sites for hydroxylation is 1. The molecule has 3 aromatic rings. The number of aromatic nitrogens is 3. The number of benzene rings is 1. The Balaban J connectivity index is 1.66. The Morgan fingerprint density at radius 3 is 2.65 bits per heavy atom. The first-order valence-corrected chi connectivity index (χ1v) is 11.9. The van der Waals surface area contributed by atoms with E-state index in [1.54, 1.807) is 12.3 Å². The number of rotatable bonds is 6. The van der Waals surface area contributed by atoms with Gasteiger partial charge in [0.05, 0.1) is 16.7 Å². The summed E-state index contributed by atoms with van der Waals surface area (Å²) < 4.78 is 1.52. The zero-order valence-electron chi connectivity index (χ0n) is 18.1. The average molecular weight is 437 g/mol. The first kappa shape index (κ1) is 21.6. The zero-order valence-corrected chi connectivity index (χ0v) is 18.9. The SMILES string of the molecule is CCN(C(=O)CSc1nc2ccccc2c(=O)n1-c1ccc(C)cn1)C1CCCCC1. The third kappa shape index (κ3) is 4.66. The maximum Gasteiger partial charge on any atom is 0.267 e. The lowest BCUT2D eigenvalue weighted by Crippen LogP contribution is -2.42. The molecule has 162 valence electrons. The van der Waals surface area contributed by atoms with E-state index < -0.39 is 0 Å². The average Bonchev–Trinajstić information content (AvgIpc) is 2.80. The molecule has 1 aliphatic carbocycles. The molecule has 1 amide bonds. The lowest BCUT2D eigenvalue weighted by molar-refractivity contribution is -0.131. The molecule has 0 atom stereocenters. The number of para-hydroxylation sites is 1. The highest BCUT2D eigenvalue weighted by atomic mass is 32.2. The smallest absolute Gasteiger partial charge is 0.267 e. The van der Waals surface area contributed by atoms with E-state index in [0.29, 0.717) is 34.5 Å². The van der Waals surface area contributed by atoms with Gasteiger partial charge in [0.15, 0.2) is 5.16 Å². The summed E-state index contributed by atoms with van der Waals surface area (Å²) in [7, 11) is 0. The number of thioether (sulfide) groups is 1. The van der Waals surface area contributed by atoms with Crippen molar-refractivity contribution in [3.63, 3.8) is 0 Å². The van der Waals surface area contributed by atoms with Crippen LogP contribution >= 0.6 is 11.8 Å². The van der Waals surface area contributed by atoms with Crippen molar-refractivity contribution in [2.24, 2.45) is 0 Å². The van der Waals surface area contributed by atoms with Gasteiger partial charge in [0.1, 0.15) is 5.82 Å². The number of carbonyl (C=O) groups is 1. The van der Waals surface area contributed by atoms with Crippen LogP contribution in [0.4, 0.5) is 0 Å². The Morgan fingerprint density at radius 2 is 1.94 bits per heavy atom. The normalized spacial score (nSPS) is 14.6. The number of hydrogen-bond donors (Lipinski definition) is 0. The van der Waals surface area contributed by atoms with Crippen molar-refractivity contribution in [2.45, 2.75) is 57.1 Å². The summed E-state index contributed by atoms with van der Waals surface area (Å²) in [5.74, 6) is 0.870. The fraction of sp³-hybridized carbons (Fsp3) is 0.417. The van der Waals surface area contributed by atoms with Gasteiger partial charge < -0.3 is 4.90 Å². The van der Waals surface area contributed by atoms with E-state index in [1.807, 2.05) is 49.1 Å². The minimum Gasteiger partial charge on any atom is -0.339 e. The summed E-state index contributed by atoms with van der Waals surface area (Å²) >= 11 is 1.31. The molecule has 7 heteroatoms. The Morgan fingerprint density at radius 1 is 1.16 bits per heavy atom. The largest absolute Gasteiger partial charge is 0.339 e. The van der Waals surface area contributed by atoms with Crippen LogP contribution in [0.5, 0.6) is 0 Å². The highest BCUT2D eigenvalue weighted by molar-refractivity contribution is 7.99. The Kier molecular flexibility index (Phi) is 6.70. The molecule has 1 saturated carbocycles. The van der Waals surface area contributed by atoms with Crippen LogP contribution in [0.25, 0.3) is 16.7 Å². The second-order valence-corrected chi connectivity index (χ2v) is 8.95. The molecule has 31 heavy (non-hydrogen) atoms. The van der Waals surface area contributed by atoms with Crippen LogP contribution in [0.15, 0.2) is 52.5 Å². The molecule has 0 N–H and O–H groups in total. The Hall–Kier alpha value is -2.67. The second-order valence-electron chi connectivity index (χ2n) is 8.01. The maximum absolute atomic E-state index is 13.3. The van der Waals surface area contributed by atoms with Gasteiger partial charge in [-0.15, -0.1) is 0 Å². The molecular formula is C24H28N4O2S. The van der Waals surface area contributed by atoms with E-state index >= 15 is 0 Å². The van der Waals surface area contributed by atoms with Gasteiger partial charge in [0.2, 0.25) is 5.91 Å². The van der Waals surface area contributed by atoms with Crippen LogP contribution in [0, 0.1) is 6.92 Å². The molecule has 2 aromatic heterocycles. The van der Waals surface area contributed by atoms with Crippen molar-refractivity contribution in [3.05, 3.63) is 58.5 Å². The first-order valence-electron chi connectivity index (χ1n) is 11.0. The number of pyridine rings is 1. The summed E-state index contributed by atoms with van der Waals surface area (Å²) in [6.07, 6.45) is 7.53. The standard InChI is InChI=1S/C24H28N4O2S/c1-3-27(18-9-5-4-6-10-18)22(29)16-31-24-26-20-12-8-7-11-19(20)23(30)28(24)21-14-13-17(2)15-25-21/h7-8,11-15,18H,3-6,9-10,16H2,1-2H3. The molecule has 0 saturated heterocycles. The number of carbonyl (C=O) groups excluding carboxylic acids is 1. The summed E-state index contributed by atoms with van der Waals surface area (Å²) in [5.41, 5.74) is 1.47. The van der Waals surface area contributed by atoms with E-state index in [2.05, 4.69) is 4.98 Å². The van der Waals surface area contributed by atoms with Gasteiger partial charge in [-0.25, -0.2) is 14.5 Å². The molecule has 4 rings (SSSR count). The van der Waals surface area contributed by atoms with E-state index in [4.69, 9.17) is 4.98 Å². The van der Waals surface area contributed by atoms with E-state index in [9.17, 15) is 9.59 Å². The quantitative estimate of drug-likeness (QED) is 0.424. The zero-order chi connectivity index (χ0) is 21.8. The molecule has 0 aliphatic heterocycles. The van der Waals surface area contributed by atoms with Gasteiger partial charge in [-0.3, -0.25) is 9.59 Å². The van der Waals surface area contributed by atoms with Crippen molar-refractivity contribution in [1.29, 1.82) is 0 Å². The Bertz CT molecular complexity index is 1120. The third-order valence-corrected chi connectivity index (χ3v) is 6.79. The van der Waals surface area contributed by atoms with Crippen LogP contribution in [-0.4, -0.2) is 43.7 Å². The van der Waals surface area contributed by atoms with Gasteiger partial charge in [0.25, 0.3) is 5.56 Å².